The van der Waals surface area contributed by atoms with Gasteiger partial charge in [0.05, 0.1) is 6.54 Å². The SMILES string of the molecule is Cc1ccc(CNC(=O)CCc2nc(-c3ccccc3)no2)n1C. The summed E-state index contributed by atoms with van der Waals surface area (Å²) in [5.74, 6) is 0.984. The molecule has 0 radical (unpaired) electrons. The molecule has 0 unspecified atom stereocenters. The fourth-order valence-electron chi connectivity index (χ4n) is 2.40. The largest absolute Gasteiger partial charge is 0.351 e. The molecule has 6 heteroatoms. The lowest BCUT2D eigenvalue weighted by atomic mass is 10.2. The molecule has 3 rings (SSSR count). The van der Waals surface area contributed by atoms with Crippen molar-refractivity contribution in [1.29, 1.82) is 0 Å². The second-order valence-corrected chi connectivity index (χ2v) is 5.68. The summed E-state index contributed by atoms with van der Waals surface area (Å²) >= 11 is 0. The molecule has 1 N–H and O–H groups in total. The Hall–Kier alpha value is -2.89. The predicted molar refractivity (Wildman–Crippen MR) is 90.1 cm³/mol. The molecule has 0 aliphatic heterocycles. The first-order chi connectivity index (χ1) is 11.6. The van der Waals surface area contributed by atoms with Gasteiger partial charge in [0.1, 0.15) is 0 Å². The van der Waals surface area contributed by atoms with Gasteiger partial charge in [-0.2, -0.15) is 4.98 Å². The van der Waals surface area contributed by atoms with E-state index < -0.39 is 0 Å². The molecule has 0 fully saturated rings. The van der Waals surface area contributed by atoms with E-state index >= 15 is 0 Å². The van der Waals surface area contributed by atoms with Crippen molar-refractivity contribution in [2.75, 3.05) is 0 Å². The van der Waals surface area contributed by atoms with Crippen LogP contribution in [0.2, 0.25) is 0 Å². The number of hydrogen-bond acceptors (Lipinski definition) is 4. The summed E-state index contributed by atoms with van der Waals surface area (Å²) in [5, 5.41) is 6.86. The Kier molecular flexibility index (Phi) is 4.74. The number of carbonyl (C=O) groups excluding carboxylic acids is 1. The highest BCUT2D eigenvalue weighted by atomic mass is 16.5. The van der Waals surface area contributed by atoms with E-state index in [1.165, 1.54) is 5.69 Å². The Morgan fingerprint density at radius 3 is 2.71 bits per heavy atom. The third-order valence-electron chi connectivity index (χ3n) is 4.01. The van der Waals surface area contributed by atoms with Gasteiger partial charge < -0.3 is 14.4 Å². The number of rotatable bonds is 6. The van der Waals surface area contributed by atoms with E-state index in [0.29, 0.717) is 31.1 Å². The second-order valence-electron chi connectivity index (χ2n) is 5.68. The van der Waals surface area contributed by atoms with Crippen molar-refractivity contribution >= 4 is 5.91 Å². The van der Waals surface area contributed by atoms with E-state index in [0.717, 1.165) is 11.3 Å². The Labute approximate surface area is 140 Å². The minimum absolute atomic E-state index is 0.0340. The fourth-order valence-corrected chi connectivity index (χ4v) is 2.40. The summed E-state index contributed by atoms with van der Waals surface area (Å²) in [4.78, 5) is 16.3. The van der Waals surface area contributed by atoms with Gasteiger partial charge >= 0.3 is 0 Å². The zero-order valence-corrected chi connectivity index (χ0v) is 13.8. The molecule has 0 bridgehead atoms. The molecule has 0 saturated carbocycles. The predicted octanol–water partition coefficient (Wildman–Crippen LogP) is 2.63. The van der Waals surface area contributed by atoms with Crippen LogP contribution < -0.4 is 5.32 Å². The monoisotopic (exact) mass is 324 g/mol. The van der Waals surface area contributed by atoms with Gasteiger partial charge in [0.15, 0.2) is 0 Å². The molecule has 2 heterocycles. The van der Waals surface area contributed by atoms with Gasteiger partial charge in [-0.1, -0.05) is 35.5 Å². The van der Waals surface area contributed by atoms with Crippen molar-refractivity contribution in [2.24, 2.45) is 7.05 Å². The van der Waals surface area contributed by atoms with Crippen LogP contribution in [-0.4, -0.2) is 20.6 Å². The number of carbonyl (C=O) groups is 1. The van der Waals surface area contributed by atoms with Gasteiger partial charge in [0, 0.05) is 36.8 Å². The van der Waals surface area contributed by atoms with E-state index in [9.17, 15) is 4.79 Å². The molecule has 1 aromatic carbocycles. The third kappa shape index (κ3) is 3.71. The lowest BCUT2D eigenvalue weighted by molar-refractivity contribution is -0.121. The molecular weight excluding hydrogens is 304 g/mol. The standard InChI is InChI=1S/C18H20N4O2/c1-13-8-9-15(22(13)2)12-19-16(23)10-11-17-20-18(21-24-17)14-6-4-3-5-7-14/h3-9H,10-12H2,1-2H3,(H,19,23). The van der Waals surface area contributed by atoms with E-state index in [1.54, 1.807) is 0 Å². The first-order valence-corrected chi connectivity index (χ1v) is 7.89. The van der Waals surface area contributed by atoms with Crippen LogP contribution in [0, 0.1) is 6.92 Å². The Morgan fingerprint density at radius 2 is 2.00 bits per heavy atom. The molecule has 0 atom stereocenters. The third-order valence-corrected chi connectivity index (χ3v) is 4.01. The average Bonchev–Trinajstić information content (AvgIpc) is 3.20. The van der Waals surface area contributed by atoms with Gasteiger partial charge in [0.25, 0.3) is 0 Å². The molecular formula is C18H20N4O2. The summed E-state index contributed by atoms with van der Waals surface area (Å²) < 4.78 is 7.27. The average molecular weight is 324 g/mol. The Morgan fingerprint density at radius 1 is 1.21 bits per heavy atom. The topological polar surface area (TPSA) is 73.0 Å². The zero-order valence-electron chi connectivity index (χ0n) is 13.8. The van der Waals surface area contributed by atoms with Gasteiger partial charge in [-0.3, -0.25) is 4.79 Å². The van der Waals surface area contributed by atoms with Crippen molar-refractivity contribution < 1.29 is 9.32 Å². The summed E-state index contributed by atoms with van der Waals surface area (Å²) in [7, 11) is 1.99. The molecule has 6 nitrogen and oxygen atoms in total. The molecule has 124 valence electrons. The number of aryl methyl sites for hydroxylation is 2. The number of hydrogen-bond donors (Lipinski definition) is 1. The van der Waals surface area contributed by atoms with Crippen LogP contribution in [0.15, 0.2) is 47.0 Å². The van der Waals surface area contributed by atoms with E-state index in [1.807, 2.05) is 56.4 Å². The van der Waals surface area contributed by atoms with Crippen molar-refractivity contribution in [1.82, 2.24) is 20.0 Å². The van der Waals surface area contributed by atoms with E-state index in [-0.39, 0.29) is 5.91 Å². The summed E-state index contributed by atoms with van der Waals surface area (Å²) in [6.45, 7) is 2.55. The van der Waals surface area contributed by atoms with Crippen LogP contribution in [0.4, 0.5) is 0 Å². The molecule has 24 heavy (non-hydrogen) atoms. The maximum atomic E-state index is 12.0. The van der Waals surface area contributed by atoms with Crippen molar-refractivity contribution in [3.63, 3.8) is 0 Å². The molecule has 0 aliphatic carbocycles. The zero-order chi connectivity index (χ0) is 16.9. The minimum Gasteiger partial charge on any atom is -0.351 e. The van der Waals surface area contributed by atoms with Crippen LogP contribution in [-0.2, 0) is 24.8 Å². The fraction of sp³-hybridized carbons (Fsp3) is 0.278. The Bertz CT molecular complexity index is 821. The highest BCUT2D eigenvalue weighted by molar-refractivity contribution is 5.76. The second kappa shape index (κ2) is 7.12. The normalized spacial score (nSPS) is 10.8. The van der Waals surface area contributed by atoms with E-state index in [4.69, 9.17) is 4.52 Å². The minimum atomic E-state index is -0.0340. The van der Waals surface area contributed by atoms with Crippen LogP contribution in [0.3, 0.4) is 0 Å². The summed E-state index contributed by atoms with van der Waals surface area (Å²) in [6, 6.07) is 13.7. The number of nitrogens with zero attached hydrogens (tertiary/aromatic N) is 3. The van der Waals surface area contributed by atoms with Gasteiger partial charge in [-0.15, -0.1) is 0 Å². The van der Waals surface area contributed by atoms with Crippen molar-refractivity contribution in [2.45, 2.75) is 26.3 Å². The van der Waals surface area contributed by atoms with Gasteiger partial charge in [0.2, 0.25) is 17.6 Å². The lowest BCUT2D eigenvalue weighted by Crippen LogP contribution is -2.24. The van der Waals surface area contributed by atoms with E-state index in [2.05, 4.69) is 20.0 Å². The number of aromatic nitrogens is 3. The lowest BCUT2D eigenvalue weighted by Gasteiger charge is -2.06. The molecule has 2 aromatic heterocycles. The maximum absolute atomic E-state index is 12.0. The van der Waals surface area contributed by atoms with Gasteiger partial charge in [-0.25, -0.2) is 0 Å². The molecule has 0 aliphatic rings. The number of nitrogens with one attached hydrogen (secondary N) is 1. The first kappa shape index (κ1) is 16.0. The molecule has 0 saturated heterocycles. The maximum Gasteiger partial charge on any atom is 0.227 e. The molecule has 3 aromatic rings. The van der Waals surface area contributed by atoms with Gasteiger partial charge in [-0.05, 0) is 19.1 Å². The Balaban J connectivity index is 1.50. The van der Waals surface area contributed by atoms with Crippen LogP contribution in [0.25, 0.3) is 11.4 Å². The molecule has 1 amide bonds. The quantitative estimate of drug-likeness (QED) is 0.756. The highest BCUT2D eigenvalue weighted by Gasteiger charge is 2.11. The summed E-state index contributed by atoms with van der Waals surface area (Å²) in [6.07, 6.45) is 0.748. The van der Waals surface area contributed by atoms with Crippen LogP contribution in [0.1, 0.15) is 23.7 Å². The smallest absolute Gasteiger partial charge is 0.227 e. The molecule has 0 spiro atoms. The summed E-state index contributed by atoms with van der Waals surface area (Å²) in [5.41, 5.74) is 3.14. The first-order valence-electron chi connectivity index (χ1n) is 7.89. The van der Waals surface area contributed by atoms with Crippen molar-refractivity contribution in [3.8, 4) is 11.4 Å². The highest BCUT2D eigenvalue weighted by Crippen LogP contribution is 2.15. The number of amides is 1. The van der Waals surface area contributed by atoms with Crippen molar-refractivity contribution in [3.05, 3.63) is 59.7 Å². The van der Waals surface area contributed by atoms with Crippen LogP contribution >= 0.6 is 0 Å². The van der Waals surface area contributed by atoms with Crippen LogP contribution in [0.5, 0.6) is 0 Å². The number of benzene rings is 1.